The van der Waals surface area contributed by atoms with E-state index in [2.05, 4.69) is 0 Å². The third-order valence-corrected chi connectivity index (χ3v) is 7.62. The van der Waals surface area contributed by atoms with Crippen LogP contribution in [0.25, 0.3) is 0 Å². The third kappa shape index (κ3) is 4.63. The quantitative estimate of drug-likeness (QED) is 0.602. The number of nitrogens with zero attached hydrogens (tertiary/aromatic N) is 2. The van der Waals surface area contributed by atoms with Gasteiger partial charge in [-0.15, -0.1) is 0 Å². The highest BCUT2D eigenvalue weighted by atomic mass is 32.2. The lowest BCUT2D eigenvalue weighted by molar-refractivity contribution is -0.139. The van der Waals surface area contributed by atoms with Gasteiger partial charge in [-0.2, -0.15) is 4.31 Å². The van der Waals surface area contributed by atoms with Crippen molar-refractivity contribution in [3.63, 3.8) is 0 Å². The van der Waals surface area contributed by atoms with Crippen molar-refractivity contribution >= 4 is 27.6 Å². The van der Waals surface area contributed by atoms with Crippen LogP contribution in [0.5, 0.6) is 0 Å². The van der Waals surface area contributed by atoms with E-state index in [0.29, 0.717) is 12.2 Å². The molecule has 1 unspecified atom stereocenters. The van der Waals surface area contributed by atoms with Crippen LogP contribution >= 0.6 is 0 Å². The molecule has 0 N–H and O–H groups in total. The molecule has 3 rings (SSSR count). The van der Waals surface area contributed by atoms with Crippen molar-refractivity contribution in [1.82, 2.24) is 4.31 Å². The normalized spacial score (nSPS) is 19.6. The number of hydrogen-bond acceptors (Lipinski definition) is 7. The molecule has 0 aromatic heterocycles. The molecule has 1 aromatic rings. The number of benzene rings is 1. The highest BCUT2D eigenvalue weighted by Gasteiger charge is 2.33. The molecular formula is C23H28N2O6S. The van der Waals surface area contributed by atoms with Gasteiger partial charge in [0, 0.05) is 24.5 Å². The van der Waals surface area contributed by atoms with Gasteiger partial charge in [-0.25, -0.2) is 18.0 Å². The van der Waals surface area contributed by atoms with Gasteiger partial charge >= 0.3 is 11.9 Å². The SMILES string of the molecule is CCC1CCCCN1S(=O)(=O)c1ccc(N2C=CC=CC(C(=O)OC)=C2C(=O)OC)cc1. The Bertz CT molecular complexity index is 1060. The second-order valence-corrected chi connectivity index (χ2v) is 9.37. The standard InChI is InChI=1S/C23H28N2O6S/c1-4-17-9-5-8-16-25(17)32(28,29)19-13-11-18(12-14-19)24-15-7-6-10-20(22(26)30-2)21(24)23(27)31-3/h6-7,10-15,17H,4-5,8-9,16H2,1-3H3. The van der Waals surface area contributed by atoms with E-state index in [4.69, 9.17) is 9.47 Å². The Hall–Kier alpha value is -2.91. The molecule has 0 amide bonds. The minimum atomic E-state index is -3.63. The molecular weight excluding hydrogens is 432 g/mol. The van der Waals surface area contributed by atoms with Crippen molar-refractivity contribution in [2.75, 3.05) is 25.7 Å². The summed E-state index contributed by atoms with van der Waals surface area (Å²) in [6, 6.07) is 6.25. The number of ether oxygens (including phenoxy) is 2. The maximum Gasteiger partial charge on any atom is 0.355 e. The molecule has 1 fully saturated rings. The fraction of sp³-hybridized carbons (Fsp3) is 0.391. The molecule has 32 heavy (non-hydrogen) atoms. The van der Waals surface area contributed by atoms with Gasteiger partial charge in [0.05, 0.1) is 24.7 Å². The fourth-order valence-electron chi connectivity index (χ4n) is 3.98. The van der Waals surface area contributed by atoms with Crippen molar-refractivity contribution in [2.24, 2.45) is 0 Å². The summed E-state index contributed by atoms with van der Waals surface area (Å²) in [5, 5.41) is 0. The van der Waals surface area contributed by atoms with Gasteiger partial charge in [0.1, 0.15) is 5.70 Å². The maximum atomic E-state index is 13.2. The largest absolute Gasteiger partial charge is 0.465 e. The minimum Gasteiger partial charge on any atom is -0.465 e. The summed E-state index contributed by atoms with van der Waals surface area (Å²) in [7, 11) is -1.19. The van der Waals surface area contributed by atoms with E-state index in [0.717, 1.165) is 25.7 Å². The Morgan fingerprint density at radius 1 is 1.03 bits per heavy atom. The molecule has 0 aliphatic carbocycles. The Morgan fingerprint density at radius 3 is 2.34 bits per heavy atom. The number of methoxy groups -OCH3 is 2. The Labute approximate surface area is 188 Å². The Morgan fingerprint density at radius 2 is 1.72 bits per heavy atom. The summed E-state index contributed by atoms with van der Waals surface area (Å²) in [5.41, 5.74) is 0.499. The fourth-order valence-corrected chi connectivity index (χ4v) is 5.75. The number of sulfonamides is 1. The van der Waals surface area contributed by atoms with Crippen LogP contribution in [0.2, 0.25) is 0 Å². The number of anilines is 1. The molecule has 1 atom stereocenters. The smallest absolute Gasteiger partial charge is 0.355 e. The molecule has 9 heteroatoms. The van der Waals surface area contributed by atoms with Gasteiger partial charge in [0.15, 0.2) is 0 Å². The van der Waals surface area contributed by atoms with E-state index in [1.807, 2.05) is 6.92 Å². The molecule has 172 valence electrons. The van der Waals surface area contributed by atoms with E-state index in [-0.39, 0.29) is 22.2 Å². The molecule has 2 aliphatic heterocycles. The van der Waals surface area contributed by atoms with Crippen molar-refractivity contribution in [3.8, 4) is 0 Å². The summed E-state index contributed by atoms with van der Waals surface area (Å²) >= 11 is 0. The second kappa shape index (κ2) is 10.1. The van der Waals surface area contributed by atoms with Crippen LogP contribution in [0.4, 0.5) is 5.69 Å². The van der Waals surface area contributed by atoms with Gasteiger partial charge < -0.3 is 14.4 Å². The van der Waals surface area contributed by atoms with E-state index < -0.39 is 22.0 Å². The van der Waals surface area contributed by atoms with Crippen molar-refractivity contribution in [3.05, 3.63) is 60.0 Å². The highest BCUT2D eigenvalue weighted by molar-refractivity contribution is 7.89. The first-order valence-electron chi connectivity index (χ1n) is 10.5. The lowest BCUT2D eigenvalue weighted by Crippen LogP contribution is -2.43. The number of esters is 2. The molecule has 1 aromatic carbocycles. The Kier molecular flexibility index (Phi) is 7.52. The van der Waals surface area contributed by atoms with Crippen LogP contribution in [0, 0.1) is 0 Å². The van der Waals surface area contributed by atoms with Crippen LogP contribution in [0.1, 0.15) is 32.6 Å². The van der Waals surface area contributed by atoms with E-state index in [9.17, 15) is 18.0 Å². The number of carbonyl (C=O) groups excluding carboxylic acids is 2. The van der Waals surface area contributed by atoms with E-state index in [1.54, 1.807) is 34.8 Å². The Balaban J connectivity index is 2.00. The molecule has 2 heterocycles. The van der Waals surface area contributed by atoms with Gasteiger partial charge in [-0.3, -0.25) is 0 Å². The number of piperidine rings is 1. The monoisotopic (exact) mass is 460 g/mol. The predicted octanol–water partition coefficient (Wildman–Crippen LogP) is 3.13. The average molecular weight is 461 g/mol. The first kappa shape index (κ1) is 23.7. The highest BCUT2D eigenvalue weighted by Crippen LogP contribution is 2.30. The van der Waals surface area contributed by atoms with Gasteiger partial charge in [0.25, 0.3) is 0 Å². The summed E-state index contributed by atoms with van der Waals surface area (Å²) in [5.74, 6) is -1.41. The molecule has 0 spiro atoms. The van der Waals surface area contributed by atoms with E-state index >= 15 is 0 Å². The first-order chi connectivity index (χ1) is 15.3. The first-order valence-corrected chi connectivity index (χ1v) is 12.0. The summed E-state index contributed by atoms with van der Waals surface area (Å²) in [4.78, 5) is 26.5. The van der Waals surface area contributed by atoms with Crippen LogP contribution in [-0.4, -0.2) is 51.5 Å². The average Bonchev–Trinajstić information content (AvgIpc) is 3.06. The lowest BCUT2D eigenvalue weighted by Gasteiger charge is -2.34. The zero-order valence-electron chi connectivity index (χ0n) is 18.5. The van der Waals surface area contributed by atoms with Gasteiger partial charge in [0.2, 0.25) is 10.0 Å². The molecule has 0 saturated carbocycles. The summed E-state index contributed by atoms with van der Waals surface area (Å²) < 4.78 is 37.8. The molecule has 8 nitrogen and oxygen atoms in total. The predicted molar refractivity (Wildman–Crippen MR) is 120 cm³/mol. The number of rotatable bonds is 6. The summed E-state index contributed by atoms with van der Waals surface area (Å²) in [6.45, 7) is 2.52. The van der Waals surface area contributed by atoms with Crippen LogP contribution in [0.15, 0.2) is 64.9 Å². The second-order valence-electron chi connectivity index (χ2n) is 7.48. The van der Waals surface area contributed by atoms with Crippen LogP contribution < -0.4 is 4.90 Å². The molecule has 2 aliphatic rings. The van der Waals surface area contributed by atoms with Crippen LogP contribution in [-0.2, 0) is 29.1 Å². The van der Waals surface area contributed by atoms with Crippen LogP contribution in [0.3, 0.4) is 0 Å². The minimum absolute atomic E-state index is 0.00418. The lowest BCUT2D eigenvalue weighted by atomic mass is 10.0. The molecule has 0 bridgehead atoms. The van der Waals surface area contributed by atoms with Crippen molar-refractivity contribution in [2.45, 2.75) is 43.5 Å². The topological polar surface area (TPSA) is 93.2 Å². The van der Waals surface area contributed by atoms with Gasteiger partial charge in [-0.1, -0.05) is 19.4 Å². The van der Waals surface area contributed by atoms with Crippen molar-refractivity contribution < 1.29 is 27.5 Å². The zero-order chi connectivity index (χ0) is 23.3. The number of carbonyl (C=O) groups is 2. The maximum absolute atomic E-state index is 13.2. The summed E-state index contributed by atoms with van der Waals surface area (Å²) in [6.07, 6.45) is 9.84. The third-order valence-electron chi connectivity index (χ3n) is 5.66. The van der Waals surface area contributed by atoms with E-state index in [1.165, 1.54) is 37.3 Å². The molecule has 0 radical (unpaired) electrons. The van der Waals surface area contributed by atoms with Crippen molar-refractivity contribution in [1.29, 1.82) is 0 Å². The molecule has 1 saturated heterocycles. The van der Waals surface area contributed by atoms with Gasteiger partial charge in [-0.05, 0) is 55.7 Å². The zero-order valence-corrected chi connectivity index (χ0v) is 19.3. The number of allylic oxidation sites excluding steroid dienone is 2. The number of hydrogen-bond donors (Lipinski definition) is 0.